The van der Waals surface area contributed by atoms with Gasteiger partial charge in [0.15, 0.2) is 6.10 Å². The van der Waals surface area contributed by atoms with Gasteiger partial charge in [-0.3, -0.25) is 0 Å². The van der Waals surface area contributed by atoms with Crippen molar-refractivity contribution in [3.8, 4) is 0 Å². The highest BCUT2D eigenvalue weighted by molar-refractivity contribution is 5.91. The van der Waals surface area contributed by atoms with E-state index in [0.29, 0.717) is 0 Å². The van der Waals surface area contributed by atoms with Crippen molar-refractivity contribution in [2.75, 3.05) is 13.2 Å². The van der Waals surface area contributed by atoms with Gasteiger partial charge in [-0.2, -0.15) is 0 Å². The molecule has 0 amide bonds. The van der Waals surface area contributed by atoms with E-state index in [1.54, 1.807) is 0 Å². The Bertz CT molecular complexity index is 501. The number of hydrogen-bond donors (Lipinski definition) is 7. The summed E-state index contributed by atoms with van der Waals surface area (Å²) in [6.07, 6.45) is -11.1. The van der Waals surface area contributed by atoms with Crippen molar-refractivity contribution >= 4 is 5.71 Å². The smallest absolute Gasteiger partial charge is 0.271 e. The fourth-order valence-electron chi connectivity index (χ4n) is 3.21. The Morgan fingerprint density at radius 1 is 0.917 bits per heavy atom. The molecule has 7 N–H and O–H groups in total. The number of ether oxygens (including phenoxy) is 2. The van der Waals surface area contributed by atoms with Gasteiger partial charge in [0, 0.05) is 0 Å². The third kappa shape index (κ3) is 2.62. The zero-order valence-corrected chi connectivity index (χ0v) is 12.5. The van der Waals surface area contributed by atoms with Gasteiger partial charge in [0.25, 0.3) is 5.79 Å². The molecular formula is C13H21NO10. The topological polar surface area (TPSA) is 182 Å². The van der Waals surface area contributed by atoms with Gasteiger partial charge in [-0.25, -0.2) is 0 Å². The summed E-state index contributed by atoms with van der Waals surface area (Å²) in [5, 5.41) is 71.7. The maximum Gasteiger partial charge on any atom is 0.271 e. The first-order valence-corrected chi connectivity index (χ1v) is 7.55. The molecule has 2 fully saturated rings. The van der Waals surface area contributed by atoms with Gasteiger partial charge in [0.2, 0.25) is 0 Å². The second-order valence-electron chi connectivity index (χ2n) is 6.19. The molecule has 9 atom stereocenters. The van der Waals surface area contributed by atoms with Crippen molar-refractivity contribution in [2.24, 2.45) is 5.16 Å². The third-order valence-electron chi connectivity index (χ3n) is 4.65. The van der Waals surface area contributed by atoms with Crippen LogP contribution < -0.4 is 0 Å². The molecule has 138 valence electrons. The van der Waals surface area contributed by atoms with Crippen LogP contribution in [0.3, 0.4) is 0 Å². The van der Waals surface area contributed by atoms with Crippen LogP contribution in [0.2, 0.25) is 0 Å². The van der Waals surface area contributed by atoms with E-state index in [4.69, 9.17) is 19.4 Å². The molecule has 0 saturated carbocycles. The van der Waals surface area contributed by atoms with E-state index in [2.05, 4.69) is 5.16 Å². The minimum atomic E-state index is -1.85. The Labute approximate surface area is 136 Å². The molecule has 11 heteroatoms. The minimum absolute atomic E-state index is 0.0943. The van der Waals surface area contributed by atoms with Crippen LogP contribution in [0.15, 0.2) is 5.16 Å². The van der Waals surface area contributed by atoms with E-state index in [1.807, 2.05) is 0 Å². The van der Waals surface area contributed by atoms with Crippen molar-refractivity contribution in [3.05, 3.63) is 0 Å². The lowest BCUT2D eigenvalue weighted by Gasteiger charge is -2.44. The minimum Gasteiger partial charge on any atom is -0.394 e. The van der Waals surface area contributed by atoms with Gasteiger partial charge >= 0.3 is 0 Å². The van der Waals surface area contributed by atoms with E-state index < -0.39 is 67.8 Å². The Kier molecular flexibility index (Phi) is 4.81. The summed E-state index contributed by atoms with van der Waals surface area (Å²) in [7, 11) is 0. The first-order valence-electron chi connectivity index (χ1n) is 7.55. The molecule has 0 radical (unpaired) electrons. The molecule has 0 aromatic heterocycles. The predicted molar refractivity (Wildman–Crippen MR) is 73.6 cm³/mol. The lowest BCUT2D eigenvalue weighted by atomic mass is 9.88. The molecule has 24 heavy (non-hydrogen) atoms. The Balaban J connectivity index is 1.76. The zero-order valence-electron chi connectivity index (χ0n) is 12.5. The molecule has 0 bridgehead atoms. The van der Waals surface area contributed by atoms with E-state index >= 15 is 0 Å². The van der Waals surface area contributed by atoms with Crippen LogP contribution in [-0.4, -0.2) is 109 Å². The van der Waals surface area contributed by atoms with E-state index in [1.165, 1.54) is 0 Å². The second-order valence-corrected chi connectivity index (χ2v) is 6.19. The van der Waals surface area contributed by atoms with Crippen molar-refractivity contribution in [3.63, 3.8) is 0 Å². The van der Waals surface area contributed by atoms with Gasteiger partial charge in [-0.05, 0) is 0 Å². The summed E-state index contributed by atoms with van der Waals surface area (Å²) < 4.78 is 10.7. The second kappa shape index (κ2) is 6.44. The first kappa shape index (κ1) is 17.9. The van der Waals surface area contributed by atoms with E-state index in [-0.39, 0.29) is 12.1 Å². The first-order chi connectivity index (χ1) is 11.3. The van der Waals surface area contributed by atoms with E-state index in [9.17, 15) is 30.6 Å². The predicted octanol–water partition coefficient (Wildman–Crippen LogP) is -4.59. The van der Waals surface area contributed by atoms with Gasteiger partial charge in [0.1, 0.15) is 42.7 Å². The quantitative estimate of drug-likeness (QED) is 0.261. The molecule has 3 aliphatic rings. The molecule has 3 heterocycles. The number of aliphatic hydroxyl groups is 7. The number of hydrogen-bond acceptors (Lipinski definition) is 11. The van der Waals surface area contributed by atoms with Crippen LogP contribution in [0.25, 0.3) is 0 Å². The molecule has 0 aliphatic carbocycles. The molecular weight excluding hydrogens is 330 g/mol. The summed E-state index contributed by atoms with van der Waals surface area (Å²) in [6.45, 7) is -1.14. The third-order valence-corrected chi connectivity index (χ3v) is 4.65. The van der Waals surface area contributed by atoms with Crippen molar-refractivity contribution in [1.82, 2.24) is 0 Å². The van der Waals surface area contributed by atoms with Crippen LogP contribution in [-0.2, 0) is 14.3 Å². The van der Waals surface area contributed by atoms with Crippen molar-refractivity contribution in [2.45, 2.75) is 61.0 Å². The summed E-state index contributed by atoms with van der Waals surface area (Å²) in [4.78, 5) is 5.12. The fourth-order valence-corrected chi connectivity index (χ4v) is 3.21. The average Bonchev–Trinajstić information content (AvgIpc) is 3.12. The summed E-state index contributed by atoms with van der Waals surface area (Å²) in [6, 6.07) is 0. The standard InChI is InChI=1S/C13H21NO10/c15-2-5-7(17)9(19)11(22-5)4-1-13(24-14-4)12(21)10(20)8(18)6(3-16)23-13/h5-12,15-21H,1-3H2/t5-,6+,7+,8+,9+,10-,11-,12-,13+/m0/s1. The number of aliphatic hydroxyl groups excluding tert-OH is 7. The highest BCUT2D eigenvalue weighted by Crippen LogP contribution is 2.39. The highest BCUT2D eigenvalue weighted by atomic mass is 16.8. The van der Waals surface area contributed by atoms with Crippen LogP contribution in [0, 0.1) is 0 Å². The maximum absolute atomic E-state index is 10.2. The van der Waals surface area contributed by atoms with Crippen LogP contribution in [0.5, 0.6) is 0 Å². The van der Waals surface area contributed by atoms with Crippen molar-refractivity contribution < 1.29 is 50.1 Å². The maximum atomic E-state index is 10.2. The Morgan fingerprint density at radius 2 is 1.54 bits per heavy atom. The largest absolute Gasteiger partial charge is 0.394 e. The van der Waals surface area contributed by atoms with E-state index in [0.717, 1.165) is 0 Å². The number of nitrogens with zero attached hydrogens (tertiary/aromatic N) is 1. The van der Waals surface area contributed by atoms with Crippen LogP contribution >= 0.6 is 0 Å². The molecule has 0 unspecified atom stereocenters. The zero-order chi connectivity index (χ0) is 17.6. The molecule has 2 saturated heterocycles. The Hall–Kier alpha value is -0.890. The molecule has 0 aromatic carbocycles. The number of rotatable bonds is 3. The number of oxime groups is 1. The molecule has 11 nitrogen and oxygen atoms in total. The lowest BCUT2D eigenvalue weighted by Crippen LogP contribution is -2.65. The Morgan fingerprint density at radius 3 is 2.12 bits per heavy atom. The highest BCUT2D eigenvalue weighted by Gasteiger charge is 2.60. The van der Waals surface area contributed by atoms with Crippen LogP contribution in [0.1, 0.15) is 6.42 Å². The molecule has 0 aromatic rings. The summed E-state index contributed by atoms with van der Waals surface area (Å²) >= 11 is 0. The van der Waals surface area contributed by atoms with Gasteiger partial charge in [0.05, 0.1) is 25.3 Å². The van der Waals surface area contributed by atoms with Gasteiger partial charge in [-0.15, -0.1) is 0 Å². The normalized spacial score (nSPS) is 51.7. The fraction of sp³-hybridized carbons (Fsp3) is 0.923. The van der Waals surface area contributed by atoms with Crippen LogP contribution in [0.4, 0.5) is 0 Å². The summed E-state index contributed by atoms with van der Waals surface area (Å²) in [5.74, 6) is -1.85. The summed E-state index contributed by atoms with van der Waals surface area (Å²) in [5.41, 5.74) is 0.0943. The monoisotopic (exact) mass is 351 g/mol. The van der Waals surface area contributed by atoms with Gasteiger partial charge in [-0.1, -0.05) is 5.16 Å². The molecule has 3 rings (SSSR count). The average molecular weight is 351 g/mol. The van der Waals surface area contributed by atoms with Crippen molar-refractivity contribution in [1.29, 1.82) is 0 Å². The molecule has 3 aliphatic heterocycles. The lowest BCUT2D eigenvalue weighted by molar-refractivity contribution is -0.355. The van der Waals surface area contributed by atoms with Gasteiger partial charge < -0.3 is 50.1 Å². The SMILES string of the molecule is OC[C@@H]1O[C@@H](C2=NO[C@@]3(C2)O[C@H](CO)[C@@H](O)[C@H](O)[C@@H]3O)[C@H](O)[C@@H]1O. The molecule has 1 spiro atoms.